The van der Waals surface area contributed by atoms with Gasteiger partial charge in [0, 0.05) is 11.6 Å². The van der Waals surface area contributed by atoms with Crippen LogP contribution in [0.25, 0.3) is 5.69 Å². The summed E-state index contributed by atoms with van der Waals surface area (Å²) in [5.74, 6) is 2.03. The van der Waals surface area contributed by atoms with Crippen LogP contribution in [0.5, 0.6) is 0 Å². The molecule has 0 aliphatic heterocycles. The molecule has 0 unspecified atom stereocenters. The summed E-state index contributed by atoms with van der Waals surface area (Å²) in [7, 11) is 0. The number of benzene rings is 2. The summed E-state index contributed by atoms with van der Waals surface area (Å²) in [5.41, 5.74) is 5.01. The topological polar surface area (TPSA) is 33.6 Å². The molecule has 1 N–H and O–H groups in total. The van der Waals surface area contributed by atoms with E-state index in [0.717, 1.165) is 17.9 Å². The van der Waals surface area contributed by atoms with Gasteiger partial charge in [0.25, 0.3) is 0 Å². The molecule has 0 spiro atoms. The van der Waals surface area contributed by atoms with Gasteiger partial charge in [0.2, 0.25) is 0 Å². The Morgan fingerprint density at radius 3 is 2.57 bits per heavy atom. The van der Waals surface area contributed by atoms with E-state index in [4.69, 9.17) is 12.2 Å². The molecule has 1 saturated carbocycles. The molecule has 1 aromatic heterocycles. The zero-order valence-corrected chi connectivity index (χ0v) is 14.1. The normalized spacial score (nSPS) is 19.7. The minimum absolute atomic E-state index is 0.436. The Bertz CT molecular complexity index is 905. The van der Waals surface area contributed by atoms with Crippen LogP contribution >= 0.6 is 12.2 Å². The summed E-state index contributed by atoms with van der Waals surface area (Å²) in [6.45, 7) is 4.22. The Balaban J connectivity index is 1.69. The van der Waals surface area contributed by atoms with Gasteiger partial charge in [0.1, 0.15) is 5.82 Å². The van der Waals surface area contributed by atoms with E-state index in [0.29, 0.717) is 16.6 Å². The number of aryl methyl sites for hydroxylation is 2. The van der Waals surface area contributed by atoms with Crippen molar-refractivity contribution in [3.05, 3.63) is 75.8 Å². The second-order valence-electron chi connectivity index (χ2n) is 6.42. The minimum atomic E-state index is 0.436. The molecule has 116 valence electrons. The van der Waals surface area contributed by atoms with Gasteiger partial charge in [0.15, 0.2) is 4.77 Å². The maximum atomic E-state index is 5.46. The number of H-pyrrole nitrogens is 1. The first-order valence-electron chi connectivity index (χ1n) is 7.94. The quantitative estimate of drug-likeness (QED) is 0.702. The molecule has 3 aromatic rings. The molecule has 0 amide bonds. The molecule has 0 saturated heterocycles. The van der Waals surface area contributed by atoms with E-state index in [1.807, 2.05) is 0 Å². The predicted octanol–water partition coefficient (Wildman–Crippen LogP) is 4.82. The molecule has 0 radical (unpaired) electrons. The SMILES string of the molecule is Cc1ccc([C@@H]2C[C@H]2c2n[nH]c(=S)n2-c2cccc(C)c2)cc1. The van der Waals surface area contributed by atoms with Crippen LogP contribution in [-0.4, -0.2) is 14.8 Å². The molecule has 1 fully saturated rings. The molecule has 23 heavy (non-hydrogen) atoms. The summed E-state index contributed by atoms with van der Waals surface area (Å²) < 4.78 is 2.75. The van der Waals surface area contributed by atoms with Crippen LogP contribution in [-0.2, 0) is 0 Å². The maximum Gasteiger partial charge on any atom is 0.199 e. The lowest BCUT2D eigenvalue weighted by molar-refractivity contribution is 0.845. The highest BCUT2D eigenvalue weighted by atomic mass is 32.1. The Morgan fingerprint density at radius 1 is 1.04 bits per heavy atom. The van der Waals surface area contributed by atoms with Crippen molar-refractivity contribution in [1.29, 1.82) is 0 Å². The van der Waals surface area contributed by atoms with Gasteiger partial charge < -0.3 is 0 Å². The zero-order chi connectivity index (χ0) is 16.0. The van der Waals surface area contributed by atoms with Crippen LogP contribution < -0.4 is 0 Å². The number of aromatic amines is 1. The molecular weight excluding hydrogens is 302 g/mol. The second kappa shape index (κ2) is 5.46. The third-order valence-corrected chi connectivity index (χ3v) is 4.86. The molecule has 4 rings (SSSR count). The van der Waals surface area contributed by atoms with Gasteiger partial charge >= 0.3 is 0 Å². The molecule has 2 aromatic carbocycles. The molecule has 1 heterocycles. The number of hydrogen-bond acceptors (Lipinski definition) is 2. The number of rotatable bonds is 3. The van der Waals surface area contributed by atoms with E-state index >= 15 is 0 Å². The highest BCUT2D eigenvalue weighted by molar-refractivity contribution is 7.71. The van der Waals surface area contributed by atoms with Crippen LogP contribution in [0.15, 0.2) is 48.5 Å². The van der Waals surface area contributed by atoms with Crippen LogP contribution in [0, 0.1) is 18.6 Å². The van der Waals surface area contributed by atoms with E-state index in [1.165, 1.54) is 16.7 Å². The summed E-state index contributed by atoms with van der Waals surface area (Å²) in [5, 5.41) is 7.50. The summed E-state index contributed by atoms with van der Waals surface area (Å²) in [6, 6.07) is 17.2. The fourth-order valence-corrected chi connectivity index (χ4v) is 3.48. The zero-order valence-electron chi connectivity index (χ0n) is 13.3. The summed E-state index contributed by atoms with van der Waals surface area (Å²) >= 11 is 5.46. The fraction of sp³-hybridized carbons (Fsp3) is 0.263. The first-order chi connectivity index (χ1) is 11.1. The second-order valence-corrected chi connectivity index (χ2v) is 6.81. The van der Waals surface area contributed by atoms with E-state index in [2.05, 4.69) is 77.1 Å². The molecular formula is C19H19N3S. The predicted molar refractivity (Wildman–Crippen MR) is 94.8 cm³/mol. The lowest BCUT2D eigenvalue weighted by atomic mass is 10.1. The third-order valence-electron chi connectivity index (χ3n) is 4.59. The van der Waals surface area contributed by atoms with Gasteiger partial charge in [0.05, 0.1) is 0 Å². The lowest BCUT2D eigenvalue weighted by Gasteiger charge is -2.08. The van der Waals surface area contributed by atoms with Crippen molar-refractivity contribution >= 4 is 12.2 Å². The average molecular weight is 321 g/mol. The highest BCUT2D eigenvalue weighted by Crippen LogP contribution is 2.54. The van der Waals surface area contributed by atoms with Gasteiger partial charge in [-0.25, -0.2) is 0 Å². The van der Waals surface area contributed by atoms with E-state index in [9.17, 15) is 0 Å². The first-order valence-corrected chi connectivity index (χ1v) is 8.35. The number of nitrogens with zero attached hydrogens (tertiary/aromatic N) is 2. The molecule has 4 heteroatoms. The molecule has 2 atom stereocenters. The monoisotopic (exact) mass is 321 g/mol. The summed E-state index contributed by atoms with van der Waals surface area (Å²) in [4.78, 5) is 0. The van der Waals surface area contributed by atoms with Crippen molar-refractivity contribution in [3.8, 4) is 5.69 Å². The lowest BCUT2D eigenvalue weighted by Crippen LogP contribution is -2.01. The van der Waals surface area contributed by atoms with Gasteiger partial charge in [-0.1, -0.05) is 42.0 Å². The molecule has 1 aliphatic carbocycles. The van der Waals surface area contributed by atoms with Crippen LogP contribution in [0.3, 0.4) is 0 Å². The van der Waals surface area contributed by atoms with Crippen molar-refractivity contribution < 1.29 is 0 Å². The number of aromatic nitrogens is 3. The number of hydrogen-bond donors (Lipinski definition) is 1. The average Bonchev–Trinajstić information content (AvgIpc) is 3.23. The Morgan fingerprint density at radius 2 is 1.83 bits per heavy atom. The smallest absolute Gasteiger partial charge is 0.199 e. The van der Waals surface area contributed by atoms with E-state index < -0.39 is 0 Å². The number of nitrogens with one attached hydrogen (secondary N) is 1. The molecule has 0 bridgehead atoms. The Labute approximate surface area is 141 Å². The Kier molecular flexibility index (Phi) is 3.42. The van der Waals surface area contributed by atoms with Crippen molar-refractivity contribution in [3.63, 3.8) is 0 Å². The van der Waals surface area contributed by atoms with Crippen molar-refractivity contribution in [1.82, 2.24) is 14.8 Å². The largest absolute Gasteiger partial charge is 0.272 e. The van der Waals surface area contributed by atoms with Gasteiger partial charge in [-0.2, -0.15) is 5.10 Å². The maximum absolute atomic E-state index is 5.46. The standard InChI is InChI=1S/C19H19N3S/c1-12-6-8-14(9-7-12)16-11-17(16)18-20-21-19(23)22(18)15-5-3-4-13(2)10-15/h3-10,16-17H,11H2,1-2H3,(H,21,23)/t16-,17+/m0/s1. The van der Waals surface area contributed by atoms with Crippen LogP contribution in [0.2, 0.25) is 0 Å². The highest BCUT2D eigenvalue weighted by Gasteiger charge is 2.43. The Hall–Kier alpha value is -2.20. The fourth-order valence-electron chi connectivity index (χ4n) is 3.24. The summed E-state index contributed by atoms with van der Waals surface area (Å²) in [6.07, 6.45) is 1.13. The third kappa shape index (κ3) is 2.63. The van der Waals surface area contributed by atoms with Gasteiger partial charge in [-0.15, -0.1) is 0 Å². The van der Waals surface area contributed by atoms with Crippen LogP contribution in [0.1, 0.15) is 40.8 Å². The van der Waals surface area contributed by atoms with Crippen molar-refractivity contribution in [2.75, 3.05) is 0 Å². The molecule has 3 nitrogen and oxygen atoms in total. The molecule has 1 aliphatic rings. The van der Waals surface area contributed by atoms with E-state index in [-0.39, 0.29) is 0 Å². The first kappa shape index (κ1) is 14.4. The van der Waals surface area contributed by atoms with Crippen molar-refractivity contribution in [2.45, 2.75) is 32.1 Å². The van der Waals surface area contributed by atoms with Gasteiger partial charge in [-0.3, -0.25) is 9.67 Å². The van der Waals surface area contributed by atoms with Crippen molar-refractivity contribution in [2.24, 2.45) is 0 Å². The van der Waals surface area contributed by atoms with Gasteiger partial charge in [-0.05, 0) is 61.7 Å². The van der Waals surface area contributed by atoms with E-state index in [1.54, 1.807) is 0 Å². The minimum Gasteiger partial charge on any atom is -0.272 e. The van der Waals surface area contributed by atoms with Crippen LogP contribution in [0.4, 0.5) is 0 Å².